The highest BCUT2D eigenvalue weighted by Gasteiger charge is 2.24. The number of thioether (sulfide) groups is 1. The highest BCUT2D eigenvalue weighted by molar-refractivity contribution is 8.00. The van der Waals surface area contributed by atoms with Crippen LogP contribution >= 0.6 is 23.1 Å². The molecule has 0 saturated heterocycles. The van der Waals surface area contributed by atoms with Gasteiger partial charge in [0.25, 0.3) is 0 Å². The average molecular weight is 417 g/mol. The predicted octanol–water partition coefficient (Wildman–Crippen LogP) is 1.44. The minimum atomic E-state index is -3.69. The molecule has 0 spiro atoms. The lowest BCUT2D eigenvalue weighted by molar-refractivity contribution is -0.114. The van der Waals surface area contributed by atoms with Gasteiger partial charge in [-0.3, -0.25) is 14.4 Å². The number of hydrogen-bond acceptors (Lipinski definition) is 9. The smallest absolute Gasteiger partial charge is 0.246 e. The van der Waals surface area contributed by atoms with Crippen LogP contribution in [0.4, 0.5) is 10.8 Å². The standard InChI is InChI=1S/C14H16N4O5S3/c1-24-14-17-16-13(25-14)15-12(19)8-18(26(2,20)21)9-3-4-10-11(7-9)23-6-5-22-10/h3-4,7H,5-6,8H2,1-2H3,(H,15,16,19). The molecule has 0 bridgehead atoms. The van der Waals surface area contributed by atoms with Crippen molar-refractivity contribution in [3.8, 4) is 11.5 Å². The maximum Gasteiger partial charge on any atom is 0.246 e. The molecule has 0 atom stereocenters. The molecule has 0 saturated carbocycles. The van der Waals surface area contributed by atoms with Crippen molar-refractivity contribution in [2.45, 2.75) is 4.34 Å². The van der Waals surface area contributed by atoms with Crippen molar-refractivity contribution < 1.29 is 22.7 Å². The normalized spacial score (nSPS) is 13.3. The van der Waals surface area contributed by atoms with Gasteiger partial charge >= 0.3 is 0 Å². The van der Waals surface area contributed by atoms with Gasteiger partial charge in [0.1, 0.15) is 19.8 Å². The molecule has 1 aromatic carbocycles. The van der Waals surface area contributed by atoms with Crippen LogP contribution in [-0.4, -0.2) is 56.8 Å². The number of aromatic nitrogens is 2. The zero-order chi connectivity index (χ0) is 18.7. The van der Waals surface area contributed by atoms with Crippen LogP contribution in [-0.2, 0) is 14.8 Å². The van der Waals surface area contributed by atoms with Crippen LogP contribution in [0.5, 0.6) is 11.5 Å². The van der Waals surface area contributed by atoms with E-state index in [9.17, 15) is 13.2 Å². The second-order valence-electron chi connectivity index (χ2n) is 5.22. The van der Waals surface area contributed by atoms with Crippen LogP contribution in [0.15, 0.2) is 22.5 Å². The molecule has 9 nitrogen and oxygen atoms in total. The summed E-state index contributed by atoms with van der Waals surface area (Å²) in [6.07, 6.45) is 2.88. The van der Waals surface area contributed by atoms with Gasteiger partial charge in [0.15, 0.2) is 15.8 Å². The summed E-state index contributed by atoms with van der Waals surface area (Å²) in [7, 11) is -3.69. The molecule has 1 aliphatic rings. The fraction of sp³-hybridized carbons (Fsp3) is 0.357. The number of nitrogens with zero attached hydrogens (tertiary/aromatic N) is 3. The summed E-state index contributed by atoms with van der Waals surface area (Å²) in [5, 5.41) is 10.6. The lowest BCUT2D eigenvalue weighted by Crippen LogP contribution is -2.37. The van der Waals surface area contributed by atoms with Crippen molar-refractivity contribution in [1.82, 2.24) is 10.2 Å². The van der Waals surface area contributed by atoms with E-state index in [1.165, 1.54) is 23.1 Å². The van der Waals surface area contributed by atoms with Gasteiger partial charge in [-0.15, -0.1) is 10.2 Å². The monoisotopic (exact) mass is 416 g/mol. The number of fused-ring (bicyclic) bond motifs is 1. The summed E-state index contributed by atoms with van der Waals surface area (Å²) in [5.74, 6) is 0.460. The number of sulfonamides is 1. The van der Waals surface area contributed by atoms with Crippen molar-refractivity contribution in [1.29, 1.82) is 0 Å². The van der Waals surface area contributed by atoms with Gasteiger partial charge in [-0.2, -0.15) is 0 Å². The summed E-state index contributed by atoms with van der Waals surface area (Å²) >= 11 is 2.62. The first-order valence-electron chi connectivity index (χ1n) is 7.41. The quantitative estimate of drug-likeness (QED) is 0.556. The molecule has 1 N–H and O–H groups in total. The molecule has 26 heavy (non-hydrogen) atoms. The van der Waals surface area contributed by atoms with Crippen molar-refractivity contribution in [3.05, 3.63) is 18.2 Å². The Morgan fingerprint density at radius 1 is 1.31 bits per heavy atom. The van der Waals surface area contributed by atoms with E-state index in [-0.39, 0.29) is 0 Å². The minimum absolute atomic E-state index is 0.314. The Balaban J connectivity index is 1.79. The molecule has 1 amide bonds. The Labute approximate surface area is 158 Å². The third-order valence-electron chi connectivity index (χ3n) is 3.33. The molecule has 3 rings (SSSR count). The fourth-order valence-corrected chi connectivity index (χ4v) is 4.25. The van der Waals surface area contributed by atoms with Gasteiger partial charge in [0.05, 0.1) is 11.9 Å². The number of nitrogens with one attached hydrogen (secondary N) is 1. The topological polar surface area (TPSA) is 111 Å². The van der Waals surface area contributed by atoms with Gasteiger partial charge in [0, 0.05) is 6.07 Å². The predicted molar refractivity (Wildman–Crippen MR) is 99.9 cm³/mol. The summed E-state index contributed by atoms with van der Waals surface area (Å²) in [6, 6.07) is 4.73. The van der Waals surface area contributed by atoms with Gasteiger partial charge in [0.2, 0.25) is 21.1 Å². The van der Waals surface area contributed by atoms with Crippen LogP contribution in [0.1, 0.15) is 0 Å². The summed E-state index contributed by atoms with van der Waals surface area (Å²) in [6.45, 7) is 0.418. The zero-order valence-electron chi connectivity index (χ0n) is 14.0. The maximum absolute atomic E-state index is 12.3. The van der Waals surface area contributed by atoms with E-state index in [4.69, 9.17) is 9.47 Å². The Morgan fingerprint density at radius 3 is 2.69 bits per heavy atom. The first-order valence-corrected chi connectivity index (χ1v) is 11.3. The van der Waals surface area contributed by atoms with Crippen LogP contribution in [0.3, 0.4) is 0 Å². The number of anilines is 2. The highest BCUT2D eigenvalue weighted by Crippen LogP contribution is 2.34. The van der Waals surface area contributed by atoms with E-state index in [1.54, 1.807) is 18.2 Å². The van der Waals surface area contributed by atoms with E-state index >= 15 is 0 Å². The maximum atomic E-state index is 12.3. The van der Waals surface area contributed by atoms with E-state index in [2.05, 4.69) is 15.5 Å². The van der Waals surface area contributed by atoms with Crippen molar-refractivity contribution >= 4 is 49.8 Å². The average Bonchev–Trinajstić information content (AvgIpc) is 3.06. The number of amides is 1. The molecule has 12 heteroatoms. The molecule has 1 aliphatic heterocycles. The second kappa shape index (κ2) is 7.68. The molecule has 0 fully saturated rings. The van der Waals surface area contributed by atoms with E-state index in [0.29, 0.717) is 39.9 Å². The third-order valence-corrected chi connectivity index (χ3v) is 6.28. The van der Waals surface area contributed by atoms with Crippen LogP contribution in [0.2, 0.25) is 0 Å². The third kappa shape index (κ3) is 4.37. The first-order chi connectivity index (χ1) is 12.4. The summed E-state index contributed by atoms with van der Waals surface area (Å²) in [4.78, 5) is 12.3. The number of carbonyl (C=O) groups is 1. The second-order valence-corrected chi connectivity index (χ2v) is 9.16. The van der Waals surface area contributed by atoms with Crippen molar-refractivity contribution in [2.24, 2.45) is 0 Å². The van der Waals surface area contributed by atoms with Gasteiger partial charge in [-0.25, -0.2) is 8.42 Å². The van der Waals surface area contributed by atoms with Crippen LogP contribution in [0.25, 0.3) is 0 Å². The Morgan fingerprint density at radius 2 is 2.04 bits per heavy atom. The minimum Gasteiger partial charge on any atom is -0.486 e. The van der Waals surface area contributed by atoms with E-state index in [1.807, 2.05) is 6.26 Å². The lowest BCUT2D eigenvalue weighted by atomic mass is 10.2. The molecule has 0 unspecified atom stereocenters. The molecule has 0 radical (unpaired) electrons. The van der Waals surface area contributed by atoms with Gasteiger partial charge < -0.3 is 9.47 Å². The van der Waals surface area contributed by atoms with Gasteiger partial charge in [-0.1, -0.05) is 23.1 Å². The molecular weight excluding hydrogens is 400 g/mol. The van der Waals surface area contributed by atoms with Crippen molar-refractivity contribution in [2.75, 3.05) is 41.9 Å². The number of rotatable bonds is 6. The van der Waals surface area contributed by atoms with Crippen LogP contribution in [0, 0.1) is 0 Å². The highest BCUT2D eigenvalue weighted by atomic mass is 32.2. The molecule has 140 valence electrons. The largest absolute Gasteiger partial charge is 0.486 e. The summed E-state index contributed by atoms with van der Waals surface area (Å²) in [5.41, 5.74) is 0.314. The van der Waals surface area contributed by atoms with Crippen LogP contribution < -0.4 is 19.1 Å². The van der Waals surface area contributed by atoms with E-state index in [0.717, 1.165) is 10.6 Å². The Bertz CT molecular complexity index is 915. The summed E-state index contributed by atoms with van der Waals surface area (Å²) < 4.78 is 37.0. The number of ether oxygens (including phenoxy) is 2. The SMILES string of the molecule is CSc1nnc(NC(=O)CN(c2ccc3c(c2)OCCO3)S(C)(=O)=O)s1. The van der Waals surface area contributed by atoms with Gasteiger partial charge in [-0.05, 0) is 18.4 Å². The number of benzene rings is 1. The Hall–Kier alpha value is -2.05. The first kappa shape index (κ1) is 18.7. The molecule has 2 aromatic rings. The molecule has 0 aliphatic carbocycles. The zero-order valence-corrected chi connectivity index (χ0v) is 16.4. The number of carbonyl (C=O) groups excluding carboxylic acids is 1. The van der Waals surface area contributed by atoms with E-state index < -0.39 is 22.5 Å². The molecule has 2 heterocycles. The molecular formula is C14H16N4O5S3. The number of hydrogen-bond donors (Lipinski definition) is 1. The lowest BCUT2D eigenvalue weighted by Gasteiger charge is -2.24. The Kier molecular flexibility index (Phi) is 5.53. The fourth-order valence-electron chi connectivity index (χ4n) is 2.22. The van der Waals surface area contributed by atoms with Crippen molar-refractivity contribution in [3.63, 3.8) is 0 Å². The molecule has 1 aromatic heterocycles.